The molecule has 2 aromatic carbocycles. The van der Waals surface area contributed by atoms with Gasteiger partial charge in [-0.25, -0.2) is 0 Å². The number of rotatable bonds is 9. The second-order valence-corrected chi connectivity index (χ2v) is 7.94. The van der Waals surface area contributed by atoms with Crippen molar-refractivity contribution in [1.29, 1.82) is 0 Å². The van der Waals surface area contributed by atoms with E-state index in [0.717, 1.165) is 12.0 Å². The van der Waals surface area contributed by atoms with Crippen LogP contribution in [0.15, 0.2) is 48.5 Å². The molecule has 0 aliphatic carbocycles. The van der Waals surface area contributed by atoms with Gasteiger partial charge in [-0.15, -0.1) is 0 Å². The predicted molar refractivity (Wildman–Crippen MR) is 119 cm³/mol. The molecule has 2 amide bonds. The fraction of sp³-hybridized carbons (Fsp3) is 0.391. The first-order chi connectivity index (χ1) is 13.9. The van der Waals surface area contributed by atoms with Crippen molar-refractivity contribution in [3.63, 3.8) is 0 Å². The Kier molecular flexibility index (Phi) is 8.99. The summed E-state index contributed by atoms with van der Waals surface area (Å²) in [6.07, 6.45) is 1.51. The third kappa shape index (κ3) is 6.48. The van der Waals surface area contributed by atoms with Crippen LogP contribution in [0.3, 0.4) is 0 Å². The quantitative estimate of drug-likeness (QED) is 0.584. The Morgan fingerprint density at radius 2 is 1.59 bits per heavy atom. The molecule has 6 heteroatoms. The number of nitrogens with one attached hydrogen (secondary N) is 1. The summed E-state index contributed by atoms with van der Waals surface area (Å²) in [5.41, 5.74) is 1.54. The molecule has 0 saturated carbocycles. The molecule has 0 saturated heterocycles. The zero-order valence-corrected chi connectivity index (χ0v) is 18.6. The van der Waals surface area contributed by atoms with E-state index in [-0.39, 0.29) is 30.8 Å². The zero-order chi connectivity index (χ0) is 21.4. The molecule has 0 aromatic heterocycles. The van der Waals surface area contributed by atoms with Gasteiger partial charge in [-0.05, 0) is 37.5 Å². The van der Waals surface area contributed by atoms with Crippen LogP contribution in [0.4, 0.5) is 0 Å². The summed E-state index contributed by atoms with van der Waals surface area (Å²) in [4.78, 5) is 27.8. The van der Waals surface area contributed by atoms with Gasteiger partial charge in [0.15, 0.2) is 0 Å². The van der Waals surface area contributed by atoms with Crippen molar-refractivity contribution in [2.75, 3.05) is 0 Å². The minimum absolute atomic E-state index is 0.0338. The van der Waals surface area contributed by atoms with Gasteiger partial charge in [0.1, 0.15) is 6.04 Å². The maximum Gasteiger partial charge on any atom is 0.243 e. The second kappa shape index (κ2) is 11.2. The van der Waals surface area contributed by atoms with Gasteiger partial charge < -0.3 is 10.2 Å². The standard InChI is InChI=1S/C23H28Cl2N2O2/c1-4-16(3)26-23(29)21(5-2)27(15-18-19(24)12-9-13-20(18)25)22(28)14-17-10-7-6-8-11-17/h6-13,16,21H,4-5,14-15H2,1-3H3,(H,26,29)/t16-,21+/m0/s1. The lowest BCUT2D eigenvalue weighted by molar-refractivity contribution is -0.141. The van der Waals surface area contributed by atoms with Gasteiger partial charge >= 0.3 is 0 Å². The molecule has 0 heterocycles. The molecule has 2 aromatic rings. The van der Waals surface area contributed by atoms with Crippen LogP contribution < -0.4 is 5.32 Å². The Morgan fingerprint density at radius 1 is 0.966 bits per heavy atom. The van der Waals surface area contributed by atoms with E-state index in [1.165, 1.54) is 0 Å². The molecule has 0 fully saturated rings. The van der Waals surface area contributed by atoms with Crippen LogP contribution in [0.1, 0.15) is 44.7 Å². The van der Waals surface area contributed by atoms with Crippen LogP contribution >= 0.6 is 23.2 Å². The molecule has 0 bridgehead atoms. The molecule has 4 nitrogen and oxygen atoms in total. The summed E-state index contributed by atoms with van der Waals surface area (Å²) < 4.78 is 0. The molecule has 2 atom stereocenters. The SMILES string of the molecule is CC[C@H](C(=O)N[C@@H](C)CC)N(Cc1c(Cl)cccc1Cl)C(=O)Cc1ccccc1. The second-order valence-electron chi connectivity index (χ2n) is 7.13. The number of hydrogen-bond acceptors (Lipinski definition) is 2. The van der Waals surface area contributed by atoms with E-state index in [2.05, 4.69) is 5.32 Å². The lowest BCUT2D eigenvalue weighted by Gasteiger charge is -2.32. The first kappa shape index (κ1) is 23.2. The molecule has 0 aliphatic heterocycles. The van der Waals surface area contributed by atoms with E-state index in [0.29, 0.717) is 22.0 Å². The minimum Gasteiger partial charge on any atom is -0.352 e. The molecule has 0 aliphatic rings. The first-order valence-electron chi connectivity index (χ1n) is 9.94. The van der Waals surface area contributed by atoms with Gasteiger partial charge in [0.05, 0.1) is 6.42 Å². The summed E-state index contributed by atoms with van der Waals surface area (Å²) >= 11 is 12.7. The third-order valence-corrected chi connectivity index (χ3v) is 5.68. The number of nitrogens with zero attached hydrogens (tertiary/aromatic N) is 1. The van der Waals surface area contributed by atoms with Crippen LogP contribution in [0.5, 0.6) is 0 Å². The average Bonchev–Trinajstić information content (AvgIpc) is 2.70. The normalized spacial score (nSPS) is 12.9. The largest absolute Gasteiger partial charge is 0.352 e. The maximum atomic E-state index is 13.3. The van der Waals surface area contributed by atoms with Crippen molar-refractivity contribution in [2.24, 2.45) is 0 Å². The molecule has 0 radical (unpaired) electrons. The number of carbonyl (C=O) groups is 2. The van der Waals surface area contributed by atoms with Crippen molar-refractivity contribution >= 4 is 35.0 Å². The first-order valence-corrected chi connectivity index (χ1v) is 10.7. The van der Waals surface area contributed by atoms with Crippen LogP contribution in [0.2, 0.25) is 10.0 Å². The number of amides is 2. The highest BCUT2D eigenvalue weighted by atomic mass is 35.5. The fourth-order valence-corrected chi connectivity index (χ4v) is 3.60. The highest BCUT2D eigenvalue weighted by Gasteiger charge is 2.30. The summed E-state index contributed by atoms with van der Waals surface area (Å²) in [5, 5.41) is 3.95. The van der Waals surface area contributed by atoms with E-state index in [1.807, 2.05) is 51.1 Å². The van der Waals surface area contributed by atoms with Crippen molar-refractivity contribution in [3.8, 4) is 0 Å². The van der Waals surface area contributed by atoms with Gasteiger partial charge in [0.2, 0.25) is 11.8 Å². The third-order valence-electron chi connectivity index (χ3n) is 4.98. The van der Waals surface area contributed by atoms with Gasteiger partial charge in [0.25, 0.3) is 0 Å². The van der Waals surface area contributed by atoms with E-state index in [4.69, 9.17) is 23.2 Å². The Labute approximate surface area is 183 Å². The number of hydrogen-bond donors (Lipinski definition) is 1. The summed E-state index contributed by atoms with van der Waals surface area (Å²) in [6.45, 7) is 6.04. The highest BCUT2D eigenvalue weighted by Crippen LogP contribution is 2.27. The Bertz CT molecular complexity index is 807. The topological polar surface area (TPSA) is 49.4 Å². The number of halogens is 2. The molecule has 0 spiro atoms. The van der Waals surface area contributed by atoms with Crippen molar-refractivity contribution in [3.05, 3.63) is 69.7 Å². The monoisotopic (exact) mass is 434 g/mol. The molecule has 156 valence electrons. The predicted octanol–water partition coefficient (Wildman–Crippen LogP) is 5.26. The Hall–Kier alpha value is -2.04. The van der Waals surface area contributed by atoms with Crippen LogP contribution in [-0.2, 0) is 22.6 Å². The lowest BCUT2D eigenvalue weighted by Crippen LogP contribution is -2.51. The van der Waals surface area contributed by atoms with E-state index < -0.39 is 6.04 Å². The lowest BCUT2D eigenvalue weighted by atomic mass is 10.1. The molecule has 2 rings (SSSR count). The fourth-order valence-electron chi connectivity index (χ4n) is 3.09. The summed E-state index contributed by atoms with van der Waals surface area (Å²) in [5.74, 6) is -0.301. The smallest absolute Gasteiger partial charge is 0.243 e. The summed E-state index contributed by atoms with van der Waals surface area (Å²) in [6, 6.07) is 14.2. The van der Waals surface area contributed by atoms with Crippen LogP contribution in [0.25, 0.3) is 0 Å². The number of benzene rings is 2. The minimum atomic E-state index is -0.604. The van der Waals surface area contributed by atoms with Crippen molar-refractivity contribution in [1.82, 2.24) is 10.2 Å². The van der Waals surface area contributed by atoms with Gasteiger partial charge in [-0.2, -0.15) is 0 Å². The van der Waals surface area contributed by atoms with E-state index in [1.54, 1.807) is 23.1 Å². The Balaban J connectivity index is 2.35. The molecular formula is C23H28Cl2N2O2. The average molecular weight is 435 g/mol. The van der Waals surface area contributed by atoms with E-state index in [9.17, 15) is 9.59 Å². The van der Waals surface area contributed by atoms with Gasteiger partial charge in [-0.1, -0.05) is 73.4 Å². The molecule has 0 unspecified atom stereocenters. The van der Waals surface area contributed by atoms with E-state index >= 15 is 0 Å². The summed E-state index contributed by atoms with van der Waals surface area (Å²) in [7, 11) is 0. The van der Waals surface area contributed by atoms with Gasteiger partial charge in [0, 0.05) is 28.2 Å². The molecule has 29 heavy (non-hydrogen) atoms. The van der Waals surface area contributed by atoms with Crippen LogP contribution in [-0.4, -0.2) is 28.8 Å². The highest BCUT2D eigenvalue weighted by molar-refractivity contribution is 6.36. The van der Waals surface area contributed by atoms with Crippen molar-refractivity contribution < 1.29 is 9.59 Å². The Morgan fingerprint density at radius 3 is 2.14 bits per heavy atom. The zero-order valence-electron chi connectivity index (χ0n) is 17.1. The molecule has 1 N–H and O–H groups in total. The maximum absolute atomic E-state index is 13.3. The van der Waals surface area contributed by atoms with Crippen molar-refractivity contribution in [2.45, 2.75) is 58.7 Å². The van der Waals surface area contributed by atoms with Gasteiger partial charge in [-0.3, -0.25) is 9.59 Å². The van der Waals surface area contributed by atoms with Crippen LogP contribution in [0, 0.1) is 0 Å². The molecular weight excluding hydrogens is 407 g/mol. The number of carbonyl (C=O) groups excluding carboxylic acids is 2.